The molecule has 2 unspecified atom stereocenters. The Morgan fingerprint density at radius 1 is 0.556 bits per heavy atom. The van der Waals surface area contributed by atoms with Crippen LogP contribution in [0.4, 0.5) is 0 Å². The van der Waals surface area contributed by atoms with Gasteiger partial charge in [-0.2, -0.15) is 0 Å². The fraction of sp³-hybridized carbons (Fsp3) is 1.00. The fourth-order valence-corrected chi connectivity index (χ4v) is 2.37. The van der Waals surface area contributed by atoms with Crippen molar-refractivity contribution >= 4 is 0 Å². The maximum atomic E-state index is 9.75. The molecule has 0 saturated carbocycles. The van der Waals surface area contributed by atoms with Crippen LogP contribution >= 0.6 is 0 Å². The molecule has 0 aromatic rings. The van der Waals surface area contributed by atoms with Crippen LogP contribution in [0.15, 0.2) is 0 Å². The van der Waals surface area contributed by atoms with Crippen LogP contribution in [0.25, 0.3) is 0 Å². The largest absolute Gasteiger partial charge is 0.393 e. The van der Waals surface area contributed by atoms with Gasteiger partial charge in [-0.05, 0) is 25.7 Å². The molecule has 0 aliphatic rings. The molecule has 0 aliphatic carbocycles. The summed E-state index contributed by atoms with van der Waals surface area (Å²) in [4.78, 5) is 0. The highest BCUT2D eigenvalue weighted by atomic mass is 16.3. The number of unbranched alkanes of at least 4 members (excludes halogenated alkanes) is 5. The summed E-state index contributed by atoms with van der Waals surface area (Å²) < 4.78 is 0. The Hall–Kier alpha value is -0.0800. The summed E-state index contributed by atoms with van der Waals surface area (Å²) in [6, 6.07) is 0. The molecule has 2 atom stereocenters. The van der Waals surface area contributed by atoms with Gasteiger partial charge in [0.2, 0.25) is 0 Å². The van der Waals surface area contributed by atoms with Gasteiger partial charge in [0, 0.05) is 0 Å². The summed E-state index contributed by atoms with van der Waals surface area (Å²) in [6.45, 7) is 4.31. The number of aliphatic hydroxyl groups is 2. The van der Waals surface area contributed by atoms with Crippen LogP contribution in [-0.4, -0.2) is 22.4 Å². The van der Waals surface area contributed by atoms with Crippen molar-refractivity contribution in [3.05, 3.63) is 0 Å². The average Bonchev–Trinajstić information content (AvgIpc) is 2.34. The molecule has 110 valence electrons. The van der Waals surface area contributed by atoms with E-state index in [1.165, 1.54) is 32.1 Å². The Morgan fingerprint density at radius 3 is 1.44 bits per heavy atom. The number of aliphatic hydroxyl groups excluding tert-OH is 2. The Bertz CT molecular complexity index is 159. The van der Waals surface area contributed by atoms with Crippen LogP contribution < -0.4 is 0 Å². The zero-order valence-corrected chi connectivity index (χ0v) is 12.5. The first-order valence-electron chi connectivity index (χ1n) is 8.06. The van der Waals surface area contributed by atoms with Crippen molar-refractivity contribution < 1.29 is 10.2 Å². The lowest BCUT2D eigenvalue weighted by Gasteiger charge is -2.11. The minimum atomic E-state index is -0.0883. The zero-order chi connectivity index (χ0) is 13.6. The molecule has 0 rings (SSSR count). The minimum Gasteiger partial charge on any atom is -0.393 e. The van der Waals surface area contributed by atoms with Gasteiger partial charge in [0.25, 0.3) is 0 Å². The topological polar surface area (TPSA) is 40.5 Å². The van der Waals surface area contributed by atoms with Crippen LogP contribution in [0.2, 0.25) is 0 Å². The van der Waals surface area contributed by atoms with Crippen LogP contribution in [0.5, 0.6) is 0 Å². The van der Waals surface area contributed by atoms with Gasteiger partial charge in [-0.1, -0.05) is 65.2 Å². The van der Waals surface area contributed by atoms with E-state index in [4.69, 9.17) is 0 Å². The highest BCUT2D eigenvalue weighted by Gasteiger charge is 2.04. The average molecular weight is 258 g/mol. The molecule has 0 aromatic carbocycles. The summed E-state index contributed by atoms with van der Waals surface area (Å²) in [5, 5.41) is 19.3. The second-order valence-corrected chi connectivity index (χ2v) is 5.58. The van der Waals surface area contributed by atoms with Gasteiger partial charge in [-0.3, -0.25) is 0 Å². The highest BCUT2D eigenvalue weighted by molar-refractivity contribution is 4.58. The van der Waals surface area contributed by atoms with Crippen molar-refractivity contribution in [2.75, 3.05) is 0 Å². The predicted molar refractivity (Wildman–Crippen MR) is 78.8 cm³/mol. The van der Waals surface area contributed by atoms with E-state index in [1.807, 2.05) is 0 Å². The molecule has 0 heterocycles. The summed E-state index contributed by atoms with van der Waals surface area (Å²) in [5.41, 5.74) is 0. The van der Waals surface area contributed by atoms with Crippen LogP contribution in [-0.2, 0) is 0 Å². The Balaban J connectivity index is 3.19. The van der Waals surface area contributed by atoms with Crippen LogP contribution in [0, 0.1) is 0 Å². The van der Waals surface area contributed by atoms with E-state index in [0.717, 1.165) is 44.9 Å². The summed E-state index contributed by atoms with van der Waals surface area (Å²) in [6.07, 6.45) is 13.0. The van der Waals surface area contributed by atoms with Gasteiger partial charge in [0.1, 0.15) is 0 Å². The Kier molecular flexibility index (Phi) is 13.3. The van der Waals surface area contributed by atoms with Gasteiger partial charge in [0.05, 0.1) is 12.2 Å². The molecule has 0 saturated heterocycles. The number of hydrogen-bond acceptors (Lipinski definition) is 2. The first-order valence-corrected chi connectivity index (χ1v) is 8.06. The third kappa shape index (κ3) is 12.4. The molecule has 0 bridgehead atoms. The van der Waals surface area contributed by atoms with Gasteiger partial charge < -0.3 is 10.2 Å². The lowest BCUT2D eigenvalue weighted by Crippen LogP contribution is -2.06. The maximum Gasteiger partial charge on any atom is 0.0540 e. The molecule has 0 aliphatic heterocycles. The minimum absolute atomic E-state index is 0.0813. The van der Waals surface area contributed by atoms with Gasteiger partial charge in [0.15, 0.2) is 0 Å². The van der Waals surface area contributed by atoms with E-state index < -0.39 is 0 Å². The number of hydrogen-bond donors (Lipinski definition) is 2. The Labute approximate surface area is 114 Å². The lowest BCUT2D eigenvalue weighted by atomic mass is 10.0. The SMILES string of the molecule is CCCCCC(O)CCCCCCC(O)CCC. The smallest absolute Gasteiger partial charge is 0.0540 e. The van der Waals surface area contributed by atoms with Gasteiger partial charge in [-0.15, -0.1) is 0 Å². The van der Waals surface area contributed by atoms with Crippen molar-refractivity contribution in [2.24, 2.45) is 0 Å². The van der Waals surface area contributed by atoms with E-state index in [2.05, 4.69) is 13.8 Å². The molecule has 2 heteroatoms. The van der Waals surface area contributed by atoms with Gasteiger partial charge in [-0.25, -0.2) is 0 Å². The van der Waals surface area contributed by atoms with Crippen molar-refractivity contribution in [1.29, 1.82) is 0 Å². The van der Waals surface area contributed by atoms with E-state index in [1.54, 1.807) is 0 Å². The normalized spacial score (nSPS) is 14.7. The van der Waals surface area contributed by atoms with E-state index in [0.29, 0.717) is 0 Å². The van der Waals surface area contributed by atoms with Crippen LogP contribution in [0.1, 0.15) is 90.9 Å². The van der Waals surface area contributed by atoms with Crippen molar-refractivity contribution in [1.82, 2.24) is 0 Å². The highest BCUT2D eigenvalue weighted by Crippen LogP contribution is 2.13. The second-order valence-electron chi connectivity index (χ2n) is 5.58. The zero-order valence-electron chi connectivity index (χ0n) is 12.5. The molecule has 0 amide bonds. The third-order valence-corrected chi connectivity index (χ3v) is 3.59. The number of rotatable bonds is 13. The summed E-state index contributed by atoms with van der Waals surface area (Å²) in [5.74, 6) is 0. The second kappa shape index (κ2) is 13.4. The fourth-order valence-electron chi connectivity index (χ4n) is 2.37. The predicted octanol–water partition coefficient (Wildman–Crippen LogP) is 4.43. The maximum absolute atomic E-state index is 9.75. The summed E-state index contributed by atoms with van der Waals surface area (Å²) in [7, 11) is 0. The van der Waals surface area contributed by atoms with Crippen molar-refractivity contribution in [3.63, 3.8) is 0 Å². The molecule has 0 spiro atoms. The quantitative estimate of drug-likeness (QED) is 0.480. The van der Waals surface area contributed by atoms with E-state index >= 15 is 0 Å². The van der Waals surface area contributed by atoms with E-state index in [9.17, 15) is 10.2 Å². The van der Waals surface area contributed by atoms with Crippen molar-refractivity contribution in [2.45, 2.75) is 103 Å². The van der Waals surface area contributed by atoms with Crippen LogP contribution in [0.3, 0.4) is 0 Å². The Morgan fingerprint density at radius 2 is 1.00 bits per heavy atom. The molecule has 0 aromatic heterocycles. The third-order valence-electron chi connectivity index (χ3n) is 3.59. The molecule has 0 radical (unpaired) electrons. The first-order chi connectivity index (χ1) is 8.70. The monoisotopic (exact) mass is 258 g/mol. The molecular weight excluding hydrogens is 224 g/mol. The summed E-state index contributed by atoms with van der Waals surface area (Å²) >= 11 is 0. The molecule has 0 fully saturated rings. The van der Waals surface area contributed by atoms with Crippen molar-refractivity contribution in [3.8, 4) is 0 Å². The lowest BCUT2D eigenvalue weighted by molar-refractivity contribution is 0.143. The standard InChI is InChI=1S/C16H34O2/c1-3-5-8-12-16(18)14-10-7-6-9-13-15(17)11-4-2/h15-18H,3-14H2,1-2H3. The first kappa shape index (κ1) is 17.9. The van der Waals surface area contributed by atoms with E-state index in [-0.39, 0.29) is 12.2 Å². The molecule has 2 N–H and O–H groups in total. The molecule has 2 nitrogen and oxygen atoms in total. The van der Waals surface area contributed by atoms with Gasteiger partial charge >= 0.3 is 0 Å². The molecular formula is C16H34O2. The molecule has 18 heavy (non-hydrogen) atoms.